The van der Waals surface area contributed by atoms with Crippen molar-refractivity contribution >= 4 is 51.7 Å². The molecule has 1 atom stereocenters. The van der Waals surface area contributed by atoms with Gasteiger partial charge in [-0.15, -0.1) is 0 Å². The molecule has 0 saturated heterocycles. The van der Waals surface area contributed by atoms with Crippen LogP contribution >= 0.6 is 34.8 Å². The summed E-state index contributed by atoms with van der Waals surface area (Å²) in [7, 11) is 3.94. The van der Waals surface area contributed by atoms with E-state index < -0.39 is 6.04 Å². The number of hydrogen-bond acceptors (Lipinski definition) is 4. The summed E-state index contributed by atoms with van der Waals surface area (Å²) in [5.41, 5.74) is 1.07. The van der Waals surface area contributed by atoms with E-state index in [9.17, 15) is 9.59 Å². The van der Waals surface area contributed by atoms with Crippen LogP contribution in [0.5, 0.6) is 0 Å². The summed E-state index contributed by atoms with van der Waals surface area (Å²) >= 11 is 18.4. The standard InChI is InChI=1S/C22H19Cl3N2O3/c1-26(2)8-3-9-27-19(12-4-6-15(24)16(25)10-12)18-20(28)14-11-13(23)5-7-17(14)30-21(18)22(27)29/h4-7,10-11,19H,3,8-9H2,1-2H3. The summed E-state index contributed by atoms with van der Waals surface area (Å²) in [6.07, 6.45) is 0.740. The van der Waals surface area contributed by atoms with Gasteiger partial charge in [0.25, 0.3) is 5.91 Å². The van der Waals surface area contributed by atoms with E-state index in [0.717, 1.165) is 13.0 Å². The predicted octanol–water partition coefficient (Wildman–Crippen LogP) is 5.25. The van der Waals surface area contributed by atoms with Gasteiger partial charge < -0.3 is 14.2 Å². The Morgan fingerprint density at radius 3 is 2.50 bits per heavy atom. The number of benzene rings is 2. The fourth-order valence-electron chi connectivity index (χ4n) is 3.81. The van der Waals surface area contributed by atoms with Gasteiger partial charge in [-0.05, 0) is 63.0 Å². The summed E-state index contributed by atoms with van der Waals surface area (Å²) in [6.45, 7) is 1.26. The third-order valence-corrected chi connectivity index (χ3v) is 6.17. The highest BCUT2D eigenvalue weighted by atomic mass is 35.5. The first-order valence-electron chi connectivity index (χ1n) is 9.45. The van der Waals surface area contributed by atoms with E-state index in [-0.39, 0.29) is 17.1 Å². The fourth-order valence-corrected chi connectivity index (χ4v) is 4.29. The maximum absolute atomic E-state index is 13.4. The Morgan fingerprint density at radius 2 is 1.80 bits per heavy atom. The zero-order valence-corrected chi connectivity index (χ0v) is 18.7. The summed E-state index contributed by atoms with van der Waals surface area (Å²) in [5.74, 6) is -0.246. The van der Waals surface area contributed by atoms with Crippen LogP contribution in [0.4, 0.5) is 0 Å². The minimum Gasteiger partial charge on any atom is -0.450 e. The quantitative estimate of drug-likeness (QED) is 0.516. The van der Waals surface area contributed by atoms with Gasteiger partial charge in [-0.3, -0.25) is 9.59 Å². The van der Waals surface area contributed by atoms with Crippen molar-refractivity contribution in [3.8, 4) is 0 Å². The van der Waals surface area contributed by atoms with E-state index >= 15 is 0 Å². The summed E-state index contributed by atoms with van der Waals surface area (Å²) in [6, 6.07) is 9.33. The first-order valence-corrected chi connectivity index (χ1v) is 10.6. The molecule has 0 bridgehead atoms. The van der Waals surface area contributed by atoms with Crippen molar-refractivity contribution in [1.29, 1.82) is 0 Å². The van der Waals surface area contributed by atoms with Crippen LogP contribution in [-0.2, 0) is 0 Å². The van der Waals surface area contributed by atoms with Gasteiger partial charge in [-0.2, -0.15) is 0 Å². The summed E-state index contributed by atoms with van der Waals surface area (Å²) in [5, 5.41) is 1.53. The lowest BCUT2D eigenvalue weighted by atomic mass is 9.98. The lowest BCUT2D eigenvalue weighted by Gasteiger charge is -2.26. The molecule has 1 aromatic heterocycles. The molecule has 30 heavy (non-hydrogen) atoms. The number of amides is 1. The fraction of sp³-hybridized carbons (Fsp3) is 0.273. The maximum atomic E-state index is 13.4. The number of nitrogens with zero attached hydrogens (tertiary/aromatic N) is 2. The van der Waals surface area contributed by atoms with E-state index in [0.29, 0.717) is 43.7 Å². The Kier molecular flexibility index (Phi) is 5.82. The lowest BCUT2D eigenvalue weighted by Crippen LogP contribution is -2.32. The highest BCUT2D eigenvalue weighted by molar-refractivity contribution is 6.42. The normalized spacial score (nSPS) is 16.0. The number of halogens is 3. The van der Waals surface area contributed by atoms with E-state index in [4.69, 9.17) is 39.2 Å². The Balaban J connectivity index is 1.90. The molecule has 1 amide bonds. The maximum Gasteiger partial charge on any atom is 0.290 e. The molecule has 2 heterocycles. The first kappa shape index (κ1) is 21.2. The van der Waals surface area contributed by atoms with Crippen LogP contribution in [0, 0.1) is 0 Å². The van der Waals surface area contributed by atoms with Gasteiger partial charge in [0, 0.05) is 11.6 Å². The molecule has 0 aliphatic carbocycles. The van der Waals surface area contributed by atoms with Crippen molar-refractivity contribution in [2.45, 2.75) is 12.5 Å². The third-order valence-electron chi connectivity index (χ3n) is 5.19. The van der Waals surface area contributed by atoms with Gasteiger partial charge in [0.2, 0.25) is 5.76 Å². The van der Waals surface area contributed by atoms with Crippen LogP contribution < -0.4 is 5.43 Å². The highest BCUT2D eigenvalue weighted by Gasteiger charge is 2.42. The zero-order valence-electron chi connectivity index (χ0n) is 16.4. The third kappa shape index (κ3) is 3.71. The average molecular weight is 466 g/mol. The van der Waals surface area contributed by atoms with Crippen molar-refractivity contribution < 1.29 is 9.21 Å². The minimum atomic E-state index is -0.607. The molecule has 0 radical (unpaired) electrons. The lowest BCUT2D eigenvalue weighted by molar-refractivity contribution is 0.0722. The number of carbonyl (C=O) groups is 1. The van der Waals surface area contributed by atoms with Crippen LogP contribution in [0.15, 0.2) is 45.6 Å². The average Bonchev–Trinajstić information content (AvgIpc) is 2.97. The van der Waals surface area contributed by atoms with Crippen molar-refractivity contribution in [2.24, 2.45) is 0 Å². The smallest absolute Gasteiger partial charge is 0.290 e. The predicted molar refractivity (Wildman–Crippen MR) is 120 cm³/mol. The minimum absolute atomic E-state index is 0.0655. The Bertz CT molecular complexity index is 1210. The highest BCUT2D eigenvalue weighted by Crippen LogP contribution is 2.40. The van der Waals surface area contributed by atoms with E-state index in [1.807, 2.05) is 19.0 Å². The van der Waals surface area contributed by atoms with Crippen LogP contribution in [0.25, 0.3) is 11.0 Å². The first-order chi connectivity index (χ1) is 14.3. The second-order valence-corrected chi connectivity index (χ2v) is 8.80. The van der Waals surface area contributed by atoms with Crippen LogP contribution in [0.1, 0.15) is 34.1 Å². The largest absolute Gasteiger partial charge is 0.450 e. The molecule has 8 heteroatoms. The Labute approximate surface area is 188 Å². The molecular weight excluding hydrogens is 447 g/mol. The number of carbonyl (C=O) groups excluding carboxylic acids is 1. The second-order valence-electron chi connectivity index (χ2n) is 7.55. The van der Waals surface area contributed by atoms with E-state index in [2.05, 4.69) is 0 Å². The number of rotatable bonds is 5. The van der Waals surface area contributed by atoms with E-state index in [1.165, 1.54) is 0 Å². The molecule has 3 aromatic rings. The molecule has 0 spiro atoms. The molecule has 0 saturated carbocycles. The molecule has 0 N–H and O–H groups in total. The van der Waals surface area contributed by atoms with Crippen molar-refractivity contribution in [1.82, 2.24) is 9.80 Å². The van der Waals surface area contributed by atoms with Gasteiger partial charge in [0.1, 0.15) is 5.58 Å². The van der Waals surface area contributed by atoms with Crippen LogP contribution in [-0.4, -0.2) is 42.9 Å². The topological polar surface area (TPSA) is 53.8 Å². The molecule has 1 unspecified atom stereocenters. The van der Waals surface area contributed by atoms with E-state index in [1.54, 1.807) is 41.3 Å². The second kappa shape index (κ2) is 8.23. The molecule has 156 valence electrons. The number of fused-ring (bicyclic) bond motifs is 2. The summed E-state index contributed by atoms with van der Waals surface area (Å²) < 4.78 is 5.90. The van der Waals surface area contributed by atoms with Gasteiger partial charge in [-0.1, -0.05) is 40.9 Å². The Morgan fingerprint density at radius 1 is 1.03 bits per heavy atom. The van der Waals surface area contributed by atoms with Crippen molar-refractivity contribution in [3.63, 3.8) is 0 Å². The van der Waals surface area contributed by atoms with Gasteiger partial charge in [0.05, 0.1) is 27.0 Å². The molecule has 5 nitrogen and oxygen atoms in total. The SMILES string of the molecule is CN(C)CCCN1C(=O)c2oc3ccc(Cl)cc3c(=O)c2C1c1ccc(Cl)c(Cl)c1. The Hall–Kier alpha value is -2.05. The monoisotopic (exact) mass is 464 g/mol. The van der Waals surface area contributed by atoms with Gasteiger partial charge in [0.15, 0.2) is 5.43 Å². The zero-order chi connectivity index (χ0) is 21.6. The van der Waals surface area contributed by atoms with Crippen molar-refractivity contribution in [3.05, 3.63) is 78.6 Å². The molecule has 4 rings (SSSR count). The number of hydrogen-bond donors (Lipinski definition) is 0. The molecule has 1 aliphatic heterocycles. The van der Waals surface area contributed by atoms with Crippen LogP contribution in [0.2, 0.25) is 15.1 Å². The van der Waals surface area contributed by atoms with Crippen LogP contribution in [0.3, 0.4) is 0 Å². The summed E-state index contributed by atoms with van der Waals surface area (Å²) in [4.78, 5) is 30.4. The molecule has 2 aromatic carbocycles. The van der Waals surface area contributed by atoms with Gasteiger partial charge >= 0.3 is 0 Å². The molecule has 1 aliphatic rings. The molecular formula is C22H19Cl3N2O3. The van der Waals surface area contributed by atoms with Gasteiger partial charge in [-0.25, -0.2) is 0 Å². The van der Waals surface area contributed by atoms with Crippen molar-refractivity contribution in [2.75, 3.05) is 27.2 Å². The molecule has 0 fully saturated rings.